The van der Waals surface area contributed by atoms with E-state index in [2.05, 4.69) is 32.2 Å². The van der Waals surface area contributed by atoms with Crippen LogP contribution in [0.4, 0.5) is 17.3 Å². The lowest BCUT2D eigenvalue weighted by molar-refractivity contribution is -0.111. The van der Waals surface area contributed by atoms with Crippen LogP contribution in [0.25, 0.3) is 10.9 Å². The second-order valence-corrected chi connectivity index (χ2v) is 6.07. The zero-order chi connectivity index (χ0) is 20.1. The number of rotatable bonds is 6. The number of ether oxygens (including phenoxy) is 1. The Morgan fingerprint density at radius 3 is 2.48 bits per heavy atom. The Kier molecular flexibility index (Phi) is 5.11. The first-order valence-electron chi connectivity index (χ1n) is 8.85. The van der Waals surface area contributed by atoms with Crippen molar-refractivity contribution in [3.63, 3.8) is 0 Å². The van der Waals surface area contributed by atoms with E-state index in [0.29, 0.717) is 17.2 Å². The molecule has 2 aromatic carbocycles. The van der Waals surface area contributed by atoms with Crippen LogP contribution in [-0.2, 0) is 4.79 Å². The minimum Gasteiger partial charge on any atom is -0.457 e. The van der Waals surface area contributed by atoms with Crippen molar-refractivity contribution in [1.82, 2.24) is 15.0 Å². The fraction of sp³-hybridized carbons (Fsp3) is 0. The highest BCUT2D eigenvalue weighted by molar-refractivity contribution is 6.00. The Morgan fingerprint density at radius 1 is 0.966 bits per heavy atom. The zero-order valence-corrected chi connectivity index (χ0v) is 15.4. The van der Waals surface area contributed by atoms with Crippen LogP contribution in [0.3, 0.4) is 0 Å². The lowest BCUT2D eigenvalue weighted by Crippen LogP contribution is -2.08. The maximum atomic E-state index is 11.4. The van der Waals surface area contributed by atoms with E-state index in [0.717, 1.165) is 22.6 Å². The molecule has 4 aromatic rings. The molecule has 2 heterocycles. The molecule has 2 N–H and O–H groups in total. The summed E-state index contributed by atoms with van der Waals surface area (Å²) in [5.74, 6) is 2.19. The van der Waals surface area contributed by atoms with Gasteiger partial charge in [0.05, 0.1) is 10.9 Å². The minimum atomic E-state index is -0.331. The van der Waals surface area contributed by atoms with E-state index in [4.69, 9.17) is 4.74 Å². The molecule has 1 amide bonds. The summed E-state index contributed by atoms with van der Waals surface area (Å²) in [6, 6.07) is 18.8. The van der Waals surface area contributed by atoms with Crippen LogP contribution in [0, 0.1) is 0 Å². The van der Waals surface area contributed by atoms with Crippen molar-refractivity contribution in [3.05, 3.63) is 85.8 Å². The van der Waals surface area contributed by atoms with E-state index in [1.807, 2.05) is 54.6 Å². The number of para-hydroxylation sites is 1. The average molecular weight is 383 g/mol. The number of fused-ring (bicyclic) bond motifs is 1. The number of hydrogen-bond donors (Lipinski definition) is 2. The molecular weight excluding hydrogens is 366 g/mol. The molecule has 0 aliphatic heterocycles. The van der Waals surface area contributed by atoms with Gasteiger partial charge in [0.2, 0.25) is 5.91 Å². The molecular formula is C22H17N5O2. The molecule has 29 heavy (non-hydrogen) atoms. The van der Waals surface area contributed by atoms with Crippen molar-refractivity contribution in [3.8, 4) is 11.5 Å². The Hall–Kier alpha value is -4.26. The average Bonchev–Trinajstić information content (AvgIpc) is 2.76. The second-order valence-electron chi connectivity index (χ2n) is 6.07. The number of anilines is 3. The topological polar surface area (TPSA) is 89.0 Å². The minimum absolute atomic E-state index is 0.331. The smallest absolute Gasteiger partial charge is 0.248 e. The fourth-order valence-electron chi connectivity index (χ4n) is 2.67. The maximum absolute atomic E-state index is 11.4. The fourth-order valence-corrected chi connectivity index (χ4v) is 2.67. The summed E-state index contributed by atoms with van der Waals surface area (Å²) in [7, 11) is 0. The lowest BCUT2D eigenvalue weighted by Gasteiger charge is -2.10. The summed E-state index contributed by atoms with van der Waals surface area (Å²) < 4.78 is 5.80. The summed E-state index contributed by atoms with van der Waals surface area (Å²) in [6.07, 6.45) is 4.25. The van der Waals surface area contributed by atoms with Gasteiger partial charge in [-0.3, -0.25) is 4.79 Å². The quantitative estimate of drug-likeness (QED) is 0.470. The van der Waals surface area contributed by atoms with E-state index in [1.54, 1.807) is 12.3 Å². The van der Waals surface area contributed by atoms with E-state index >= 15 is 0 Å². The van der Waals surface area contributed by atoms with Crippen LogP contribution in [0.5, 0.6) is 11.5 Å². The van der Waals surface area contributed by atoms with Gasteiger partial charge in [-0.05, 0) is 42.5 Å². The molecule has 142 valence electrons. The standard InChI is InChI=1S/C22H17N5O2/c1-2-21(28)27-20-12-19-18(13-23-20)22(25-14-24-19)26-15-8-10-17(11-9-15)29-16-6-4-3-5-7-16/h2-14H,1H2,(H,23,27,28)(H,24,25,26). The van der Waals surface area contributed by atoms with Crippen molar-refractivity contribution in [2.24, 2.45) is 0 Å². The van der Waals surface area contributed by atoms with Crippen molar-refractivity contribution in [2.75, 3.05) is 10.6 Å². The first-order chi connectivity index (χ1) is 14.2. The molecule has 0 fully saturated rings. The number of carbonyl (C=O) groups excluding carboxylic acids is 1. The summed E-state index contributed by atoms with van der Waals surface area (Å²) in [6.45, 7) is 3.43. The normalized spacial score (nSPS) is 10.3. The summed E-state index contributed by atoms with van der Waals surface area (Å²) >= 11 is 0. The van der Waals surface area contributed by atoms with Gasteiger partial charge < -0.3 is 15.4 Å². The highest BCUT2D eigenvalue weighted by Gasteiger charge is 2.08. The predicted molar refractivity (Wildman–Crippen MR) is 112 cm³/mol. The van der Waals surface area contributed by atoms with Crippen molar-refractivity contribution < 1.29 is 9.53 Å². The van der Waals surface area contributed by atoms with Gasteiger partial charge in [-0.25, -0.2) is 15.0 Å². The third-order valence-electron chi connectivity index (χ3n) is 4.05. The van der Waals surface area contributed by atoms with Gasteiger partial charge in [-0.15, -0.1) is 0 Å². The van der Waals surface area contributed by atoms with Crippen molar-refractivity contribution in [1.29, 1.82) is 0 Å². The van der Waals surface area contributed by atoms with Crippen molar-refractivity contribution in [2.45, 2.75) is 0 Å². The Bertz CT molecular complexity index is 1160. The molecule has 0 bridgehead atoms. The molecule has 0 unspecified atom stereocenters. The third-order valence-corrected chi connectivity index (χ3v) is 4.05. The number of carbonyl (C=O) groups is 1. The molecule has 7 heteroatoms. The molecule has 0 aliphatic carbocycles. The molecule has 4 rings (SSSR count). The summed E-state index contributed by atoms with van der Waals surface area (Å²) in [5.41, 5.74) is 1.50. The number of nitrogens with one attached hydrogen (secondary N) is 2. The summed E-state index contributed by atoms with van der Waals surface area (Å²) in [5, 5.41) is 6.61. The van der Waals surface area contributed by atoms with Gasteiger partial charge in [0, 0.05) is 18.0 Å². The highest BCUT2D eigenvalue weighted by atomic mass is 16.5. The molecule has 0 saturated carbocycles. The molecule has 0 saturated heterocycles. The number of nitrogens with zero attached hydrogens (tertiary/aromatic N) is 3. The Morgan fingerprint density at radius 2 is 1.72 bits per heavy atom. The van der Waals surface area contributed by atoms with E-state index < -0.39 is 0 Å². The van der Waals surface area contributed by atoms with E-state index in [-0.39, 0.29) is 5.91 Å². The number of hydrogen-bond acceptors (Lipinski definition) is 6. The molecule has 0 aliphatic rings. The first kappa shape index (κ1) is 18.1. The SMILES string of the molecule is C=CC(=O)Nc1cc2ncnc(Nc3ccc(Oc4ccccc4)cc3)c2cn1. The van der Waals surface area contributed by atoms with Gasteiger partial charge in [0.15, 0.2) is 0 Å². The van der Waals surface area contributed by atoms with E-state index in [9.17, 15) is 4.79 Å². The molecule has 0 spiro atoms. The highest BCUT2D eigenvalue weighted by Crippen LogP contribution is 2.26. The number of pyridine rings is 1. The zero-order valence-electron chi connectivity index (χ0n) is 15.4. The van der Waals surface area contributed by atoms with Crippen LogP contribution in [0.15, 0.2) is 85.8 Å². The van der Waals surface area contributed by atoms with Crippen LogP contribution in [0.1, 0.15) is 0 Å². The lowest BCUT2D eigenvalue weighted by atomic mass is 10.2. The van der Waals surface area contributed by atoms with Gasteiger partial charge in [-0.1, -0.05) is 24.8 Å². The summed E-state index contributed by atoms with van der Waals surface area (Å²) in [4.78, 5) is 24.2. The van der Waals surface area contributed by atoms with Crippen LogP contribution < -0.4 is 15.4 Å². The molecule has 0 atom stereocenters. The van der Waals surface area contributed by atoms with Gasteiger partial charge in [0.25, 0.3) is 0 Å². The van der Waals surface area contributed by atoms with Crippen LogP contribution >= 0.6 is 0 Å². The van der Waals surface area contributed by atoms with Gasteiger partial charge in [-0.2, -0.15) is 0 Å². The molecule has 7 nitrogen and oxygen atoms in total. The molecule has 2 aromatic heterocycles. The first-order valence-corrected chi connectivity index (χ1v) is 8.85. The monoisotopic (exact) mass is 383 g/mol. The number of aromatic nitrogens is 3. The van der Waals surface area contributed by atoms with Gasteiger partial charge >= 0.3 is 0 Å². The van der Waals surface area contributed by atoms with Crippen LogP contribution in [-0.4, -0.2) is 20.9 Å². The Balaban J connectivity index is 1.52. The maximum Gasteiger partial charge on any atom is 0.248 e. The number of amides is 1. The Labute approximate surface area is 167 Å². The van der Waals surface area contributed by atoms with Crippen molar-refractivity contribution >= 4 is 34.1 Å². The van der Waals surface area contributed by atoms with E-state index in [1.165, 1.54) is 12.4 Å². The molecule has 0 radical (unpaired) electrons. The van der Waals surface area contributed by atoms with Crippen LogP contribution in [0.2, 0.25) is 0 Å². The number of benzene rings is 2. The van der Waals surface area contributed by atoms with Gasteiger partial charge in [0.1, 0.15) is 29.5 Å². The predicted octanol–water partition coefficient (Wildman–Crippen LogP) is 4.69. The third kappa shape index (κ3) is 4.36. The largest absolute Gasteiger partial charge is 0.457 e. The second kappa shape index (κ2) is 8.18.